The Morgan fingerprint density at radius 1 is 1.28 bits per heavy atom. The third kappa shape index (κ3) is 3.75. The first-order valence-corrected chi connectivity index (χ1v) is 6.37. The summed E-state index contributed by atoms with van der Waals surface area (Å²) in [4.78, 5) is 0. The molecule has 0 heterocycles. The maximum absolute atomic E-state index is 13.8. The number of benzene rings is 1. The van der Waals surface area contributed by atoms with Crippen LogP contribution in [0.5, 0.6) is 0 Å². The molecule has 4 heteroatoms. The van der Waals surface area contributed by atoms with Crippen LogP contribution in [0.15, 0.2) is 18.2 Å². The van der Waals surface area contributed by atoms with Crippen LogP contribution < -0.4 is 5.32 Å². The third-order valence-electron chi connectivity index (χ3n) is 2.93. The largest absolute Gasteiger partial charge is 0.377 e. The van der Waals surface area contributed by atoms with Crippen molar-refractivity contribution >= 4 is 0 Å². The van der Waals surface area contributed by atoms with Crippen molar-refractivity contribution in [2.24, 2.45) is 0 Å². The van der Waals surface area contributed by atoms with Gasteiger partial charge in [-0.3, -0.25) is 0 Å². The lowest BCUT2D eigenvalue weighted by Gasteiger charge is -2.27. The average Bonchev–Trinajstić information content (AvgIpc) is 2.33. The predicted molar refractivity (Wildman–Crippen MR) is 68.5 cm³/mol. The normalized spacial score (nSPS) is 14.5. The molecule has 0 radical (unpaired) electrons. The highest BCUT2D eigenvalue weighted by Crippen LogP contribution is 2.25. The predicted octanol–water partition coefficient (Wildman–Crippen LogP) is 3.43. The summed E-state index contributed by atoms with van der Waals surface area (Å²) < 4.78 is 32.4. The van der Waals surface area contributed by atoms with Crippen LogP contribution in [0.3, 0.4) is 0 Å². The molecule has 0 aliphatic carbocycles. The zero-order valence-electron chi connectivity index (χ0n) is 11.2. The number of nitrogens with one attached hydrogen (secondary N) is 1. The fourth-order valence-corrected chi connectivity index (χ4v) is 2.14. The molecule has 0 saturated carbocycles. The van der Waals surface area contributed by atoms with Gasteiger partial charge in [-0.2, -0.15) is 0 Å². The third-order valence-corrected chi connectivity index (χ3v) is 2.93. The van der Waals surface area contributed by atoms with Crippen LogP contribution in [0.25, 0.3) is 0 Å². The van der Waals surface area contributed by atoms with E-state index in [2.05, 4.69) is 12.2 Å². The molecule has 0 saturated heterocycles. The fourth-order valence-electron chi connectivity index (χ4n) is 2.14. The smallest absolute Gasteiger partial charge is 0.130 e. The van der Waals surface area contributed by atoms with E-state index >= 15 is 0 Å². The quantitative estimate of drug-likeness (QED) is 0.808. The van der Waals surface area contributed by atoms with E-state index in [9.17, 15) is 8.78 Å². The molecule has 1 N–H and O–H groups in total. The Hall–Kier alpha value is -1.00. The van der Waals surface area contributed by atoms with Crippen LogP contribution in [0.2, 0.25) is 0 Å². The molecule has 18 heavy (non-hydrogen) atoms. The van der Waals surface area contributed by atoms with E-state index in [1.165, 1.54) is 12.1 Å². The first kappa shape index (κ1) is 15.1. The molecule has 2 atom stereocenters. The minimum Gasteiger partial charge on any atom is -0.377 e. The summed E-state index contributed by atoms with van der Waals surface area (Å²) in [6.07, 6.45) is 1.67. The van der Waals surface area contributed by atoms with Gasteiger partial charge < -0.3 is 10.1 Å². The van der Waals surface area contributed by atoms with Gasteiger partial charge in [0.25, 0.3) is 0 Å². The molecule has 1 aromatic carbocycles. The van der Waals surface area contributed by atoms with Crippen molar-refractivity contribution in [3.05, 3.63) is 35.4 Å². The number of hydrogen-bond acceptors (Lipinski definition) is 2. The average molecular weight is 257 g/mol. The lowest BCUT2D eigenvalue weighted by Crippen LogP contribution is -2.32. The summed E-state index contributed by atoms with van der Waals surface area (Å²) in [7, 11) is 1.76. The Balaban J connectivity index is 2.98. The van der Waals surface area contributed by atoms with Crippen molar-refractivity contribution < 1.29 is 13.5 Å². The van der Waals surface area contributed by atoms with Gasteiger partial charge >= 0.3 is 0 Å². The van der Waals surface area contributed by atoms with Crippen molar-refractivity contribution in [2.75, 3.05) is 13.7 Å². The summed E-state index contributed by atoms with van der Waals surface area (Å²) in [6, 6.07) is 3.41. The standard InChI is InChI=1S/C14H21F2NO/c1-4-6-13(18-5-2)14(17-3)11-8-7-10(15)9-12(11)16/h7-9,13-14,17H,4-6H2,1-3H3. The van der Waals surface area contributed by atoms with Crippen LogP contribution in [0.4, 0.5) is 8.78 Å². The van der Waals surface area contributed by atoms with Gasteiger partial charge in [0.15, 0.2) is 0 Å². The highest BCUT2D eigenvalue weighted by Gasteiger charge is 2.24. The summed E-state index contributed by atoms with van der Waals surface area (Å²) in [5.41, 5.74) is 0.450. The van der Waals surface area contributed by atoms with E-state index in [0.29, 0.717) is 12.2 Å². The van der Waals surface area contributed by atoms with E-state index in [-0.39, 0.29) is 12.1 Å². The maximum Gasteiger partial charge on any atom is 0.130 e. The second kappa shape index (κ2) is 7.44. The molecule has 0 aromatic heterocycles. The van der Waals surface area contributed by atoms with Gasteiger partial charge in [-0.25, -0.2) is 8.78 Å². The lowest BCUT2D eigenvalue weighted by atomic mass is 9.97. The van der Waals surface area contributed by atoms with Gasteiger partial charge in [0, 0.05) is 18.2 Å². The molecule has 102 valence electrons. The number of likely N-dealkylation sites (N-methyl/N-ethyl adjacent to an activating group) is 1. The summed E-state index contributed by atoms with van der Waals surface area (Å²) in [5, 5.41) is 3.06. The summed E-state index contributed by atoms with van der Waals surface area (Å²) in [6.45, 7) is 4.54. The fraction of sp³-hybridized carbons (Fsp3) is 0.571. The Labute approximate surface area is 107 Å². The Morgan fingerprint density at radius 2 is 2.00 bits per heavy atom. The molecule has 0 aliphatic rings. The molecule has 0 fully saturated rings. The molecule has 0 amide bonds. The van der Waals surface area contributed by atoms with Gasteiger partial charge in [-0.05, 0) is 26.5 Å². The van der Waals surface area contributed by atoms with Gasteiger partial charge in [0.05, 0.1) is 12.1 Å². The Kier molecular flexibility index (Phi) is 6.22. The highest BCUT2D eigenvalue weighted by atomic mass is 19.1. The van der Waals surface area contributed by atoms with Gasteiger partial charge in [-0.1, -0.05) is 19.4 Å². The minimum absolute atomic E-state index is 0.107. The lowest BCUT2D eigenvalue weighted by molar-refractivity contribution is 0.0286. The van der Waals surface area contributed by atoms with Crippen molar-refractivity contribution in [3.63, 3.8) is 0 Å². The monoisotopic (exact) mass is 257 g/mol. The van der Waals surface area contributed by atoms with E-state index in [1.54, 1.807) is 7.05 Å². The van der Waals surface area contributed by atoms with E-state index in [0.717, 1.165) is 18.9 Å². The van der Waals surface area contributed by atoms with E-state index in [1.807, 2.05) is 6.92 Å². The number of ether oxygens (including phenoxy) is 1. The number of hydrogen-bond donors (Lipinski definition) is 1. The van der Waals surface area contributed by atoms with E-state index in [4.69, 9.17) is 4.74 Å². The van der Waals surface area contributed by atoms with Crippen LogP contribution in [0.1, 0.15) is 38.3 Å². The zero-order chi connectivity index (χ0) is 13.5. The first-order valence-electron chi connectivity index (χ1n) is 6.37. The topological polar surface area (TPSA) is 21.3 Å². The minimum atomic E-state index is -0.561. The Bertz CT molecular complexity index is 365. The van der Waals surface area contributed by atoms with Crippen LogP contribution in [0, 0.1) is 11.6 Å². The van der Waals surface area contributed by atoms with Gasteiger partial charge in [0.2, 0.25) is 0 Å². The number of rotatable bonds is 7. The SMILES string of the molecule is CCCC(OCC)C(NC)c1ccc(F)cc1F. The molecule has 0 spiro atoms. The molecule has 0 bridgehead atoms. The molecule has 1 rings (SSSR count). The van der Waals surface area contributed by atoms with Gasteiger partial charge in [-0.15, -0.1) is 0 Å². The van der Waals surface area contributed by atoms with E-state index < -0.39 is 11.6 Å². The maximum atomic E-state index is 13.8. The number of halogens is 2. The van der Waals surface area contributed by atoms with Gasteiger partial charge in [0.1, 0.15) is 11.6 Å². The van der Waals surface area contributed by atoms with Crippen LogP contribution >= 0.6 is 0 Å². The second-order valence-electron chi connectivity index (χ2n) is 4.21. The van der Waals surface area contributed by atoms with Crippen LogP contribution in [-0.4, -0.2) is 19.8 Å². The molecule has 1 aromatic rings. The second-order valence-corrected chi connectivity index (χ2v) is 4.21. The molecular weight excluding hydrogens is 236 g/mol. The first-order chi connectivity index (χ1) is 8.63. The highest BCUT2D eigenvalue weighted by molar-refractivity contribution is 5.23. The Morgan fingerprint density at radius 3 is 2.50 bits per heavy atom. The molecule has 0 aliphatic heterocycles. The zero-order valence-corrected chi connectivity index (χ0v) is 11.2. The summed E-state index contributed by atoms with van der Waals surface area (Å²) >= 11 is 0. The van der Waals surface area contributed by atoms with Crippen molar-refractivity contribution in [3.8, 4) is 0 Å². The summed E-state index contributed by atoms with van der Waals surface area (Å²) in [5.74, 6) is -1.09. The molecular formula is C14H21F2NO. The van der Waals surface area contributed by atoms with Crippen molar-refractivity contribution in [1.29, 1.82) is 0 Å². The molecule has 2 unspecified atom stereocenters. The molecule has 2 nitrogen and oxygen atoms in total. The van der Waals surface area contributed by atoms with Crippen molar-refractivity contribution in [1.82, 2.24) is 5.32 Å². The van der Waals surface area contributed by atoms with Crippen LogP contribution in [-0.2, 0) is 4.74 Å². The van der Waals surface area contributed by atoms with Crippen molar-refractivity contribution in [2.45, 2.75) is 38.8 Å².